The van der Waals surface area contributed by atoms with Crippen molar-refractivity contribution in [1.82, 2.24) is 4.90 Å². The third-order valence-corrected chi connectivity index (χ3v) is 4.38. The Labute approximate surface area is 117 Å². The number of aromatic carboxylic acids is 1. The fraction of sp³-hybridized carbons (Fsp3) is 0.467. The number of fused-ring (bicyclic) bond motifs is 2. The van der Waals surface area contributed by atoms with Gasteiger partial charge < -0.3 is 15.3 Å². The highest BCUT2D eigenvalue weighted by atomic mass is 16.4. The van der Waals surface area contributed by atoms with E-state index in [9.17, 15) is 9.59 Å². The number of aryl methyl sites for hydroxylation is 1. The van der Waals surface area contributed by atoms with E-state index in [1.165, 1.54) is 12.5 Å². The fourth-order valence-corrected chi connectivity index (χ4v) is 3.35. The van der Waals surface area contributed by atoms with Gasteiger partial charge in [0.1, 0.15) is 0 Å². The Balaban J connectivity index is 1.70. The molecule has 2 unspecified atom stereocenters. The zero-order valence-corrected chi connectivity index (χ0v) is 11.4. The molecule has 5 nitrogen and oxygen atoms in total. The second-order valence-electron chi connectivity index (χ2n) is 5.75. The molecule has 20 heavy (non-hydrogen) atoms. The topological polar surface area (TPSA) is 69.6 Å². The molecule has 2 bridgehead atoms. The summed E-state index contributed by atoms with van der Waals surface area (Å²) in [6, 6.07) is 5.20. The lowest BCUT2D eigenvalue weighted by molar-refractivity contribution is 0.0696. The molecule has 0 spiro atoms. The number of nitrogens with zero attached hydrogens (tertiary/aromatic N) is 1. The van der Waals surface area contributed by atoms with E-state index in [1.54, 1.807) is 19.1 Å². The van der Waals surface area contributed by atoms with E-state index in [2.05, 4.69) is 5.32 Å². The van der Waals surface area contributed by atoms with E-state index in [4.69, 9.17) is 5.11 Å². The van der Waals surface area contributed by atoms with Gasteiger partial charge >= 0.3 is 12.0 Å². The molecule has 1 saturated carbocycles. The minimum atomic E-state index is -0.947. The monoisotopic (exact) mass is 274 g/mol. The minimum absolute atomic E-state index is 0.0697. The van der Waals surface area contributed by atoms with E-state index < -0.39 is 5.97 Å². The minimum Gasteiger partial charge on any atom is -0.478 e. The number of rotatable bonds is 2. The molecule has 1 aliphatic heterocycles. The van der Waals surface area contributed by atoms with Crippen molar-refractivity contribution in [2.24, 2.45) is 5.92 Å². The molecule has 5 heteroatoms. The second kappa shape index (κ2) is 4.81. The lowest BCUT2D eigenvalue weighted by Crippen LogP contribution is -2.40. The van der Waals surface area contributed by atoms with Crippen LogP contribution in [0, 0.1) is 12.8 Å². The first-order valence-electron chi connectivity index (χ1n) is 6.96. The highest BCUT2D eigenvalue weighted by Gasteiger charge is 2.40. The summed E-state index contributed by atoms with van der Waals surface area (Å²) in [6.07, 6.45) is 3.47. The number of piperidine rings is 1. The summed E-state index contributed by atoms with van der Waals surface area (Å²) >= 11 is 0. The molecule has 2 aliphatic rings. The normalized spacial score (nSPS) is 23.9. The van der Waals surface area contributed by atoms with Crippen LogP contribution in [-0.4, -0.2) is 34.6 Å². The maximum absolute atomic E-state index is 12.2. The molecular formula is C15H18N2O3. The summed E-state index contributed by atoms with van der Waals surface area (Å²) < 4.78 is 0. The van der Waals surface area contributed by atoms with Crippen LogP contribution < -0.4 is 5.32 Å². The lowest BCUT2D eigenvalue weighted by atomic mass is 10.1. The lowest BCUT2D eigenvalue weighted by Gasteiger charge is -2.27. The average molecular weight is 274 g/mol. The van der Waals surface area contributed by atoms with Gasteiger partial charge in [-0.25, -0.2) is 9.59 Å². The number of anilines is 1. The summed E-state index contributed by atoms with van der Waals surface area (Å²) in [7, 11) is 0. The molecular weight excluding hydrogens is 256 g/mol. The molecule has 0 aromatic heterocycles. The summed E-state index contributed by atoms with van der Waals surface area (Å²) in [5, 5.41) is 11.9. The van der Waals surface area contributed by atoms with Gasteiger partial charge in [0.05, 0.1) is 5.56 Å². The number of carboxylic acids is 1. The van der Waals surface area contributed by atoms with Crippen LogP contribution in [0.5, 0.6) is 0 Å². The summed E-state index contributed by atoms with van der Waals surface area (Å²) in [5.74, 6) is -0.279. The van der Waals surface area contributed by atoms with Crippen molar-refractivity contribution in [2.45, 2.75) is 32.2 Å². The second-order valence-corrected chi connectivity index (χ2v) is 5.75. The van der Waals surface area contributed by atoms with Gasteiger partial charge in [0, 0.05) is 18.3 Å². The number of hydrogen-bond donors (Lipinski definition) is 2. The van der Waals surface area contributed by atoms with Crippen LogP contribution in [0.3, 0.4) is 0 Å². The Kier molecular flexibility index (Phi) is 3.12. The summed E-state index contributed by atoms with van der Waals surface area (Å²) in [6.45, 7) is 2.58. The predicted molar refractivity (Wildman–Crippen MR) is 75.0 cm³/mol. The fourth-order valence-electron chi connectivity index (χ4n) is 3.35. The zero-order valence-electron chi connectivity index (χ0n) is 11.4. The van der Waals surface area contributed by atoms with Crippen molar-refractivity contribution >= 4 is 17.7 Å². The molecule has 2 fully saturated rings. The number of hydrogen-bond acceptors (Lipinski definition) is 2. The quantitative estimate of drug-likeness (QED) is 0.871. The van der Waals surface area contributed by atoms with Crippen LogP contribution in [-0.2, 0) is 0 Å². The standard InChI is InChI=1S/C15H18N2O3/c1-9-6-11(3-5-13(9)14(18)19)16-15(20)17-8-10-2-4-12(17)7-10/h3,5-6,10,12H,2,4,7-8H2,1H3,(H,16,20)(H,18,19). The van der Waals surface area contributed by atoms with E-state index in [1.807, 2.05) is 4.90 Å². The van der Waals surface area contributed by atoms with Crippen molar-refractivity contribution in [1.29, 1.82) is 0 Å². The van der Waals surface area contributed by atoms with Crippen molar-refractivity contribution in [3.05, 3.63) is 29.3 Å². The molecule has 1 aliphatic carbocycles. The number of carbonyl (C=O) groups is 2. The number of amides is 2. The molecule has 2 atom stereocenters. The number of likely N-dealkylation sites (tertiary alicyclic amines) is 1. The summed E-state index contributed by atoms with van der Waals surface area (Å²) in [4.78, 5) is 25.1. The number of nitrogens with one attached hydrogen (secondary N) is 1. The van der Waals surface area contributed by atoms with Crippen molar-refractivity contribution in [3.8, 4) is 0 Å². The number of carbonyl (C=O) groups excluding carboxylic acids is 1. The van der Waals surface area contributed by atoms with Gasteiger partial charge in [0.25, 0.3) is 0 Å². The van der Waals surface area contributed by atoms with E-state index in [0.717, 1.165) is 19.4 Å². The van der Waals surface area contributed by atoms with Gasteiger partial charge in [-0.3, -0.25) is 0 Å². The van der Waals surface area contributed by atoms with E-state index >= 15 is 0 Å². The van der Waals surface area contributed by atoms with Gasteiger partial charge in [-0.2, -0.15) is 0 Å². The number of carboxylic acid groups (broad SMARTS) is 1. The van der Waals surface area contributed by atoms with Gasteiger partial charge in [0.2, 0.25) is 0 Å². The highest BCUT2D eigenvalue weighted by Crippen LogP contribution is 2.37. The smallest absolute Gasteiger partial charge is 0.335 e. The maximum Gasteiger partial charge on any atom is 0.335 e. The zero-order chi connectivity index (χ0) is 14.3. The molecule has 3 rings (SSSR count). The number of benzene rings is 1. The average Bonchev–Trinajstić information content (AvgIpc) is 3.00. The van der Waals surface area contributed by atoms with Crippen LogP contribution in [0.2, 0.25) is 0 Å². The first-order chi connectivity index (χ1) is 9.54. The molecule has 1 aromatic rings. The van der Waals surface area contributed by atoms with Gasteiger partial charge in [0.15, 0.2) is 0 Å². The molecule has 1 heterocycles. The maximum atomic E-state index is 12.2. The Morgan fingerprint density at radius 2 is 2.15 bits per heavy atom. The van der Waals surface area contributed by atoms with E-state index in [0.29, 0.717) is 23.2 Å². The Morgan fingerprint density at radius 3 is 2.70 bits per heavy atom. The number of urea groups is 1. The third-order valence-electron chi connectivity index (χ3n) is 4.38. The molecule has 2 amide bonds. The molecule has 0 radical (unpaired) electrons. The van der Waals surface area contributed by atoms with Crippen molar-refractivity contribution < 1.29 is 14.7 Å². The highest BCUT2D eigenvalue weighted by molar-refractivity contribution is 5.93. The SMILES string of the molecule is Cc1cc(NC(=O)N2CC3CCC2C3)ccc1C(=O)O. The largest absolute Gasteiger partial charge is 0.478 e. The third kappa shape index (κ3) is 2.24. The van der Waals surface area contributed by atoms with Crippen molar-refractivity contribution in [3.63, 3.8) is 0 Å². The first-order valence-corrected chi connectivity index (χ1v) is 6.96. The van der Waals surface area contributed by atoms with Gasteiger partial charge in [-0.05, 0) is 55.9 Å². The Hall–Kier alpha value is -2.04. The van der Waals surface area contributed by atoms with Crippen LogP contribution >= 0.6 is 0 Å². The van der Waals surface area contributed by atoms with Gasteiger partial charge in [-0.15, -0.1) is 0 Å². The summed E-state index contributed by atoms with van der Waals surface area (Å²) in [5.41, 5.74) is 1.57. The van der Waals surface area contributed by atoms with E-state index in [-0.39, 0.29) is 11.6 Å². The van der Waals surface area contributed by atoms with Crippen LogP contribution in [0.15, 0.2) is 18.2 Å². The Morgan fingerprint density at radius 1 is 1.35 bits per heavy atom. The first kappa shape index (κ1) is 13.0. The molecule has 1 saturated heterocycles. The van der Waals surface area contributed by atoms with Crippen LogP contribution in [0.1, 0.15) is 35.2 Å². The van der Waals surface area contributed by atoms with Crippen LogP contribution in [0.25, 0.3) is 0 Å². The predicted octanol–water partition coefficient (Wildman–Crippen LogP) is 2.71. The Bertz CT molecular complexity index is 570. The molecule has 2 N–H and O–H groups in total. The molecule has 106 valence electrons. The molecule has 1 aromatic carbocycles. The van der Waals surface area contributed by atoms with Gasteiger partial charge in [-0.1, -0.05) is 0 Å². The van der Waals surface area contributed by atoms with Crippen molar-refractivity contribution in [2.75, 3.05) is 11.9 Å². The van der Waals surface area contributed by atoms with Crippen LogP contribution in [0.4, 0.5) is 10.5 Å².